The average Bonchev–Trinajstić information content (AvgIpc) is 2.58. The largest absolute Gasteiger partial charge is 0.395 e. The maximum absolute atomic E-state index is 12.4. The fourth-order valence-electron chi connectivity index (χ4n) is 3.50. The Balaban J connectivity index is 1.59. The van der Waals surface area contributed by atoms with E-state index < -0.39 is 6.03 Å². The van der Waals surface area contributed by atoms with E-state index in [0.717, 1.165) is 25.7 Å². The van der Waals surface area contributed by atoms with E-state index in [1.54, 1.807) is 0 Å². The zero-order valence-corrected chi connectivity index (χ0v) is 14.4. The van der Waals surface area contributed by atoms with Gasteiger partial charge in [0, 0.05) is 6.04 Å². The smallest absolute Gasteiger partial charge is 0.323 e. The van der Waals surface area contributed by atoms with Crippen molar-refractivity contribution in [3.05, 3.63) is 59.1 Å². The number of carbonyl (C=O) groups excluding carboxylic acids is 2. The molecule has 0 aromatic heterocycles. The predicted octanol–water partition coefficient (Wildman–Crippen LogP) is 2.13. The molecule has 1 saturated carbocycles. The third-order valence-corrected chi connectivity index (χ3v) is 4.90. The second kappa shape index (κ2) is 7.01. The summed E-state index contributed by atoms with van der Waals surface area (Å²) in [5, 5.41) is 7.88. The minimum absolute atomic E-state index is 0.0783. The van der Waals surface area contributed by atoms with Crippen LogP contribution in [0.15, 0.2) is 47.9 Å². The first-order valence-electron chi connectivity index (χ1n) is 8.58. The summed E-state index contributed by atoms with van der Waals surface area (Å²) in [7, 11) is 0. The second-order valence-electron chi connectivity index (χ2n) is 6.78. The quantitative estimate of drug-likeness (QED) is 0.679. The standard InChI is InChI=1S/C19H24N4O2/c1-11-4-3-5-14(10-11)13-6-8-15(9-7-13)22-18(24)17-16(20)12(2)21-19(25)23-17/h3-5,10,13,15H,2,6-9,20H2,1H3,(H,22,24)(H2,21,23,25)/t13-,15+. The molecule has 25 heavy (non-hydrogen) atoms. The topological polar surface area (TPSA) is 96.2 Å². The lowest BCUT2D eigenvalue weighted by Gasteiger charge is -2.30. The van der Waals surface area contributed by atoms with E-state index in [1.807, 2.05) is 0 Å². The van der Waals surface area contributed by atoms with Crippen LogP contribution in [0.1, 0.15) is 42.7 Å². The van der Waals surface area contributed by atoms with Crippen molar-refractivity contribution < 1.29 is 9.59 Å². The fourth-order valence-corrected chi connectivity index (χ4v) is 3.50. The van der Waals surface area contributed by atoms with Crippen molar-refractivity contribution >= 4 is 11.9 Å². The minimum Gasteiger partial charge on any atom is -0.395 e. The van der Waals surface area contributed by atoms with Gasteiger partial charge in [-0.3, -0.25) is 4.79 Å². The normalized spacial score (nSPS) is 23.7. The Bertz CT molecular complexity index is 746. The van der Waals surface area contributed by atoms with Gasteiger partial charge in [-0.2, -0.15) is 0 Å². The maximum Gasteiger partial charge on any atom is 0.323 e. The minimum atomic E-state index is -0.493. The monoisotopic (exact) mass is 340 g/mol. The molecule has 0 saturated heterocycles. The molecule has 3 amide bonds. The predicted molar refractivity (Wildman–Crippen MR) is 96.3 cm³/mol. The lowest BCUT2D eigenvalue weighted by molar-refractivity contribution is -0.118. The number of amides is 3. The highest BCUT2D eigenvalue weighted by molar-refractivity contribution is 6.00. The van der Waals surface area contributed by atoms with Gasteiger partial charge in [0.2, 0.25) is 0 Å². The molecule has 0 unspecified atom stereocenters. The van der Waals surface area contributed by atoms with Gasteiger partial charge < -0.3 is 21.7 Å². The summed E-state index contributed by atoms with van der Waals surface area (Å²) in [5.74, 6) is 0.184. The lowest BCUT2D eigenvalue weighted by Crippen LogP contribution is -2.49. The summed E-state index contributed by atoms with van der Waals surface area (Å²) in [6.45, 7) is 5.75. The van der Waals surface area contributed by atoms with Crippen LogP contribution in [0.3, 0.4) is 0 Å². The van der Waals surface area contributed by atoms with Gasteiger partial charge in [-0.05, 0) is 44.1 Å². The molecule has 6 nitrogen and oxygen atoms in total. The van der Waals surface area contributed by atoms with Crippen LogP contribution in [0, 0.1) is 6.92 Å². The van der Waals surface area contributed by atoms with Crippen molar-refractivity contribution in [2.24, 2.45) is 5.73 Å². The summed E-state index contributed by atoms with van der Waals surface area (Å²) >= 11 is 0. The van der Waals surface area contributed by atoms with Crippen LogP contribution in [0.5, 0.6) is 0 Å². The van der Waals surface area contributed by atoms with Crippen LogP contribution in [0.4, 0.5) is 4.79 Å². The SMILES string of the molecule is C=C1NC(=O)NC(C(=O)N[C@H]2CC[C@@H](c3cccc(C)c3)CC2)=C1N. The lowest BCUT2D eigenvalue weighted by atomic mass is 9.81. The maximum atomic E-state index is 12.4. The van der Waals surface area contributed by atoms with Crippen LogP contribution < -0.4 is 21.7 Å². The number of nitrogens with one attached hydrogen (secondary N) is 3. The summed E-state index contributed by atoms with van der Waals surface area (Å²) in [6.07, 6.45) is 3.88. The Morgan fingerprint density at radius 2 is 1.96 bits per heavy atom. The molecule has 5 N–H and O–H groups in total. The van der Waals surface area contributed by atoms with Crippen LogP contribution in [-0.4, -0.2) is 18.0 Å². The summed E-state index contributed by atoms with van der Waals surface area (Å²) < 4.78 is 0. The molecule has 0 atom stereocenters. The number of nitrogens with two attached hydrogens (primary N) is 1. The molecule has 1 aliphatic carbocycles. The number of urea groups is 1. The van der Waals surface area contributed by atoms with Crippen LogP contribution >= 0.6 is 0 Å². The molecule has 132 valence electrons. The highest BCUT2D eigenvalue weighted by Gasteiger charge is 2.28. The van der Waals surface area contributed by atoms with Gasteiger partial charge in [0.25, 0.3) is 5.91 Å². The van der Waals surface area contributed by atoms with E-state index in [2.05, 4.69) is 53.7 Å². The first-order valence-corrected chi connectivity index (χ1v) is 8.58. The zero-order chi connectivity index (χ0) is 18.0. The Labute approximate surface area is 147 Å². The average molecular weight is 340 g/mol. The highest BCUT2D eigenvalue weighted by atomic mass is 16.2. The third kappa shape index (κ3) is 3.84. The summed E-state index contributed by atoms with van der Waals surface area (Å²) in [5.41, 5.74) is 8.99. The molecule has 1 aromatic carbocycles. The molecule has 0 spiro atoms. The molecule has 1 heterocycles. The summed E-state index contributed by atoms with van der Waals surface area (Å²) in [6, 6.07) is 8.22. The van der Waals surface area contributed by atoms with Crippen LogP contribution in [-0.2, 0) is 4.79 Å². The van der Waals surface area contributed by atoms with Gasteiger partial charge in [0.1, 0.15) is 5.70 Å². The molecular formula is C19H24N4O2. The number of aryl methyl sites for hydroxylation is 1. The number of rotatable bonds is 3. The Morgan fingerprint density at radius 1 is 1.24 bits per heavy atom. The Hall–Kier alpha value is -2.76. The molecule has 1 fully saturated rings. The van der Waals surface area contributed by atoms with Crippen molar-refractivity contribution in [2.75, 3.05) is 0 Å². The van der Waals surface area contributed by atoms with Crippen molar-refractivity contribution in [1.82, 2.24) is 16.0 Å². The van der Waals surface area contributed by atoms with Crippen molar-refractivity contribution in [1.29, 1.82) is 0 Å². The van der Waals surface area contributed by atoms with Crippen molar-refractivity contribution in [3.63, 3.8) is 0 Å². The van der Waals surface area contributed by atoms with E-state index in [-0.39, 0.29) is 29.0 Å². The van der Waals surface area contributed by atoms with Crippen molar-refractivity contribution in [3.8, 4) is 0 Å². The number of hydrogen-bond acceptors (Lipinski definition) is 3. The third-order valence-electron chi connectivity index (χ3n) is 4.90. The molecular weight excluding hydrogens is 316 g/mol. The Kier molecular flexibility index (Phi) is 4.79. The van der Waals surface area contributed by atoms with Gasteiger partial charge in [-0.1, -0.05) is 36.4 Å². The highest BCUT2D eigenvalue weighted by Crippen LogP contribution is 2.33. The Morgan fingerprint density at radius 3 is 2.64 bits per heavy atom. The fraction of sp³-hybridized carbons (Fsp3) is 0.368. The van der Waals surface area contributed by atoms with Gasteiger partial charge in [-0.25, -0.2) is 4.79 Å². The first kappa shape index (κ1) is 17.1. The van der Waals surface area contributed by atoms with Crippen molar-refractivity contribution in [2.45, 2.75) is 44.6 Å². The van der Waals surface area contributed by atoms with E-state index in [4.69, 9.17) is 5.73 Å². The molecule has 0 bridgehead atoms. The molecule has 1 aromatic rings. The molecule has 3 rings (SSSR count). The summed E-state index contributed by atoms with van der Waals surface area (Å²) in [4.78, 5) is 23.9. The van der Waals surface area contributed by atoms with Crippen LogP contribution in [0.25, 0.3) is 0 Å². The zero-order valence-electron chi connectivity index (χ0n) is 14.4. The van der Waals surface area contributed by atoms with E-state index in [0.29, 0.717) is 5.92 Å². The van der Waals surface area contributed by atoms with Gasteiger partial charge >= 0.3 is 6.03 Å². The first-order chi connectivity index (χ1) is 11.9. The molecule has 2 aliphatic rings. The molecule has 6 heteroatoms. The molecule has 0 radical (unpaired) electrons. The van der Waals surface area contributed by atoms with E-state index in [9.17, 15) is 9.59 Å². The number of benzene rings is 1. The van der Waals surface area contributed by atoms with Gasteiger partial charge in [-0.15, -0.1) is 0 Å². The van der Waals surface area contributed by atoms with Gasteiger partial charge in [0.05, 0.1) is 11.4 Å². The number of carbonyl (C=O) groups is 2. The van der Waals surface area contributed by atoms with E-state index >= 15 is 0 Å². The van der Waals surface area contributed by atoms with E-state index in [1.165, 1.54) is 11.1 Å². The van der Waals surface area contributed by atoms with Crippen LogP contribution in [0.2, 0.25) is 0 Å². The van der Waals surface area contributed by atoms with Gasteiger partial charge in [0.15, 0.2) is 0 Å². The molecule has 1 aliphatic heterocycles. The number of hydrogen-bond donors (Lipinski definition) is 4. The second-order valence-corrected chi connectivity index (χ2v) is 6.78.